The number of fused-ring (bicyclic) bond motifs is 1. The highest BCUT2D eigenvalue weighted by atomic mass is 16.5. The first-order chi connectivity index (χ1) is 8.85. The molecule has 1 atom stereocenters. The van der Waals surface area contributed by atoms with Gasteiger partial charge in [0.2, 0.25) is 0 Å². The molecule has 18 heavy (non-hydrogen) atoms. The minimum atomic E-state index is 0.510. The van der Waals surface area contributed by atoms with Crippen molar-refractivity contribution in [2.45, 2.75) is 58.8 Å². The highest BCUT2D eigenvalue weighted by Crippen LogP contribution is 2.26. The van der Waals surface area contributed by atoms with Crippen LogP contribution in [0.5, 0.6) is 0 Å². The Labute approximate surface area is 111 Å². The molecule has 0 aliphatic carbocycles. The summed E-state index contributed by atoms with van der Waals surface area (Å²) in [5.74, 6) is 0. The zero-order valence-electron chi connectivity index (χ0n) is 11.7. The fourth-order valence-corrected chi connectivity index (χ4v) is 2.52. The lowest BCUT2D eigenvalue weighted by Gasteiger charge is -2.19. The molecule has 0 fully saturated rings. The lowest BCUT2D eigenvalue weighted by atomic mass is 9.97. The Bertz CT molecular complexity index is 367. The Morgan fingerprint density at radius 2 is 2.00 bits per heavy atom. The van der Waals surface area contributed by atoms with Gasteiger partial charge < -0.3 is 10.1 Å². The average molecular weight is 247 g/mol. The predicted molar refractivity (Wildman–Crippen MR) is 75.5 cm³/mol. The van der Waals surface area contributed by atoms with E-state index < -0.39 is 0 Å². The molecule has 1 heterocycles. The predicted octanol–water partition coefficient (Wildman–Crippen LogP) is 3.95. The van der Waals surface area contributed by atoms with Crippen molar-refractivity contribution in [2.24, 2.45) is 0 Å². The first kappa shape index (κ1) is 13.6. The molecule has 0 radical (unpaired) electrons. The van der Waals surface area contributed by atoms with Gasteiger partial charge in [0.15, 0.2) is 0 Å². The van der Waals surface area contributed by atoms with E-state index in [0.29, 0.717) is 6.04 Å². The van der Waals surface area contributed by atoms with Crippen molar-refractivity contribution in [1.82, 2.24) is 5.32 Å². The van der Waals surface area contributed by atoms with Crippen molar-refractivity contribution in [1.29, 1.82) is 0 Å². The zero-order chi connectivity index (χ0) is 12.8. The van der Waals surface area contributed by atoms with Crippen LogP contribution in [0.2, 0.25) is 0 Å². The second-order valence-electron chi connectivity index (χ2n) is 5.17. The third kappa shape index (κ3) is 3.33. The number of nitrogens with one attached hydrogen (secondary N) is 1. The molecule has 2 nitrogen and oxygen atoms in total. The minimum absolute atomic E-state index is 0.510. The fourth-order valence-electron chi connectivity index (χ4n) is 2.52. The summed E-state index contributed by atoms with van der Waals surface area (Å²) >= 11 is 0. The van der Waals surface area contributed by atoms with E-state index in [1.54, 1.807) is 0 Å². The third-order valence-corrected chi connectivity index (χ3v) is 3.63. The van der Waals surface area contributed by atoms with Crippen LogP contribution in [0.25, 0.3) is 0 Å². The molecule has 0 bridgehead atoms. The smallest absolute Gasteiger partial charge is 0.0725 e. The molecule has 1 aromatic rings. The van der Waals surface area contributed by atoms with E-state index in [4.69, 9.17) is 4.74 Å². The lowest BCUT2D eigenvalue weighted by molar-refractivity contribution is 0.134. The summed E-state index contributed by atoms with van der Waals surface area (Å²) in [6.45, 7) is 7.16. The zero-order valence-corrected chi connectivity index (χ0v) is 11.7. The normalized spacial score (nSPS) is 15.7. The van der Waals surface area contributed by atoms with Crippen molar-refractivity contribution in [3.8, 4) is 0 Å². The van der Waals surface area contributed by atoms with Gasteiger partial charge in [-0.15, -0.1) is 0 Å². The summed E-state index contributed by atoms with van der Waals surface area (Å²) in [4.78, 5) is 0. The van der Waals surface area contributed by atoms with Crippen molar-refractivity contribution in [3.05, 3.63) is 34.9 Å². The standard InChI is InChI=1S/C16H25NO/c1-3-5-6-16(17-9-4-2)13-7-8-14-11-18-12-15(14)10-13/h7-8,10,16-17H,3-6,9,11-12H2,1-2H3. The molecule has 0 amide bonds. The molecule has 1 N–H and O–H groups in total. The van der Waals surface area contributed by atoms with E-state index in [2.05, 4.69) is 37.4 Å². The third-order valence-electron chi connectivity index (χ3n) is 3.63. The molecule has 0 saturated heterocycles. The fraction of sp³-hybridized carbons (Fsp3) is 0.625. The number of hydrogen-bond donors (Lipinski definition) is 1. The number of unbranched alkanes of at least 4 members (excludes halogenated alkanes) is 1. The van der Waals surface area contributed by atoms with Crippen LogP contribution in [-0.2, 0) is 18.0 Å². The molecule has 1 aliphatic rings. The summed E-state index contributed by atoms with van der Waals surface area (Å²) in [5.41, 5.74) is 4.18. The number of hydrogen-bond acceptors (Lipinski definition) is 2. The molecule has 0 aromatic heterocycles. The molecule has 2 rings (SSSR count). The van der Waals surface area contributed by atoms with Gasteiger partial charge in [0, 0.05) is 6.04 Å². The van der Waals surface area contributed by atoms with Gasteiger partial charge in [-0.25, -0.2) is 0 Å². The van der Waals surface area contributed by atoms with Gasteiger partial charge in [0.25, 0.3) is 0 Å². The maximum absolute atomic E-state index is 5.49. The summed E-state index contributed by atoms with van der Waals surface area (Å²) in [6.07, 6.45) is 4.97. The van der Waals surface area contributed by atoms with E-state index in [1.165, 1.54) is 42.4 Å². The molecule has 1 unspecified atom stereocenters. The Hall–Kier alpha value is -0.860. The van der Waals surface area contributed by atoms with Crippen LogP contribution >= 0.6 is 0 Å². The van der Waals surface area contributed by atoms with Crippen LogP contribution in [0.4, 0.5) is 0 Å². The number of benzene rings is 1. The number of ether oxygens (including phenoxy) is 1. The van der Waals surface area contributed by atoms with Crippen LogP contribution in [0.3, 0.4) is 0 Å². The Balaban J connectivity index is 2.08. The van der Waals surface area contributed by atoms with Gasteiger partial charge in [0.1, 0.15) is 0 Å². The van der Waals surface area contributed by atoms with Gasteiger partial charge in [0.05, 0.1) is 13.2 Å². The van der Waals surface area contributed by atoms with Crippen molar-refractivity contribution in [3.63, 3.8) is 0 Å². The molecule has 100 valence electrons. The molecule has 0 spiro atoms. The van der Waals surface area contributed by atoms with Crippen molar-refractivity contribution in [2.75, 3.05) is 6.54 Å². The van der Waals surface area contributed by atoms with Gasteiger partial charge in [-0.2, -0.15) is 0 Å². The highest BCUT2D eigenvalue weighted by Gasteiger charge is 2.15. The highest BCUT2D eigenvalue weighted by molar-refractivity contribution is 5.34. The van der Waals surface area contributed by atoms with Crippen molar-refractivity contribution >= 4 is 0 Å². The van der Waals surface area contributed by atoms with E-state index in [0.717, 1.165) is 19.8 Å². The van der Waals surface area contributed by atoms with Crippen LogP contribution < -0.4 is 5.32 Å². The first-order valence-electron chi connectivity index (χ1n) is 7.28. The largest absolute Gasteiger partial charge is 0.372 e. The Morgan fingerprint density at radius 3 is 2.78 bits per heavy atom. The van der Waals surface area contributed by atoms with Crippen LogP contribution in [0.15, 0.2) is 18.2 Å². The summed E-state index contributed by atoms with van der Waals surface area (Å²) in [5, 5.41) is 3.67. The molecule has 0 saturated carbocycles. The molecule has 1 aliphatic heterocycles. The second-order valence-corrected chi connectivity index (χ2v) is 5.17. The van der Waals surface area contributed by atoms with Crippen LogP contribution in [0, 0.1) is 0 Å². The van der Waals surface area contributed by atoms with E-state index in [-0.39, 0.29) is 0 Å². The topological polar surface area (TPSA) is 21.3 Å². The quantitative estimate of drug-likeness (QED) is 0.787. The summed E-state index contributed by atoms with van der Waals surface area (Å²) in [6, 6.07) is 7.36. The first-order valence-corrected chi connectivity index (χ1v) is 7.28. The maximum atomic E-state index is 5.49. The maximum Gasteiger partial charge on any atom is 0.0725 e. The van der Waals surface area contributed by atoms with Gasteiger partial charge in [-0.3, -0.25) is 0 Å². The van der Waals surface area contributed by atoms with Gasteiger partial charge in [-0.05, 0) is 36.1 Å². The monoisotopic (exact) mass is 247 g/mol. The Kier molecular flexibility index (Phi) is 5.21. The minimum Gasteiger partial charge on any atom is -0.372 e. The van der Waals surface area contributed by atoms with E-state index >= 15 is 0 Å². The molecular formula is C16H25NO. The van der Waals surface area contributed by atoms with Crippen molar-refractivity contribution < 1.29 is 4.74 Å². The lowest BCUT2D eigenvalue weighted by Crippen LogP contribution is -2.22. The number of rotatable bonds is 7. The van der Waals surface area contributed by atoms with E-state index in [9.17, 15) is 0 Å². The Morgan fingerprint density at radius 1 is 1.17 bits per heavy atom. The van der Waals surface area contributed by atoms with Gasteiger partial charge >= 0.3 is 0 Å². The van der Waals surface area contributed by atoms with Crippen LogP contribution in [0.1, 0.15) is 62.3 Å². The SMILES string of the molecule is CCCCC(NCCC)c1ccc2c(c1)COC2. The summed E-state index contributed by atoms with van der Waals surface area (Å²) < 4.78 is 5.49. The molecule has 2 heteroatoms. The second kappa shape index (κ2) is 6.91. The van der Waals surface area contributed by atoms with E-state index in [1.807, 2.05) is 0 Å². The summed E-state index contributed by atoms with van der Waals surface area (Å²) in [7, 11) is 0. The average Bonchev–Trinajstić information content (AvgIpc) is 2.86. The van der Waals surface area contributed by atoms with Crippen LogP contribution in [-0.4, -0.2) is 6.54 Å². The molecular weight excluding hydrogens is 222 g/mol. The van der Waals surface area contributed by atoms with Gasteiger partial charge in [-0.1, -0.05) is 44.9 Å². The molecule has 1 aromatic carbocycles.